The van der Waals surface area contributed by atoms with E-state index < -0.39 is 0 Å². The van der Waals surface area contributed by atoms with Crippen molar-refractivity contribution >= 4 is 0 Å². The third-order valence-electron chi connectivity index (χ3n) is 5.44. The number of rotatable bonds is 4. The molecule has 3 aromatic rings. The quantitative estimate of drug-likeness (QED) is 0.717. The standard InChI is InChI=1S/C22H20N2O3/c25-20-12-13-24-14-19(27-22(24)23-20)21(26-16-7-2-1-3-8-16)18-11-10-15-6-4-5-9-17(15)18/h1-9,12-13,18-19,21H,10-11,14H2. The summed E-state index contributed by atoms with van der Waals surface area (Å²) in [6.45, 7) is 0.624. The molecule has 5 heteroatoms. The topological polar surface area (TPSA) is 53.4 Å². The Labute approximate surface area is 157 Å². The maximum absolute atomic E-state index is 11.6. The van der Waals surface area contributed by atoms with E-state index in [0.29, 0.717) is 12.6 Å². The van der Waals surface area contributed by atoms with Crippen LogP contribution in [0, 0.1) is 0 Å². The molecule has 0 saturated carbocycles. The molecule has 3 atom stereocenters. The van der Waals surface area contributed by atoms with Gasteiger partial charge in [0, 0.05) is 18.2 Å². The zero-order chi connectivity index (χ0) is 18.2. The van der Waals surface area contributed by atoms with Gasteiger partial charge in [-0.3, -0.25) is 9.36 Å². The highest BCUT2D eigenvalue weighted by atomic mass is 16.6. The second-order valence-corrected chi connectivity index (χ2v) is 7.10. The van der Waals surface area contributed by atoms with Crippen molar-refractivity contribution in [2.24, 2.45) is 0 Å². The first-order chi connectivity index (χ1) is 13.3. The van der Waals surface area contributed by atoms with Crippen LogP contribution >= 0.6 is 0 Å². The van der Waals surface area contributed by atoms with E-state index in [4.69, 9.17) is 9.47 Å². The molecule has 1 aliphatic carbocycles. The van der Waals surface area contributed by atoms with Crippen LogP contribution in [0.15, 0.2) is 71.7 Å². The number of aryl methyl sites for hydroxylation is 1. The molecule has 0 N–H and O–H groups in total. The highest BCUT2D eigenvalue weighted by molar-refractivity contribution is 5.37. The van der Waals surface area contributed by atoms with Gasteiger partial charge in [-0.05, 0) is 36.1 Å². The molecule has 5 rings (SSSR count). The van der Waals surface area contributed by atoms with Crippen molar-refractivity contribution in [3.63, 3.8) is 0 Å². The largest absolute Gasteiger partial charge is 0.486 e. The zero-order valence-corrected chi connectivity index (χ0v) is 14.8. The Hall–Kier alpha value is -3.08. The first-order valence-electron chi connectivity index (χ1n) is 9.31. The summed E-state index contributed by atoms with van der Waals surface area (Å²) in [7, 11) is 0. The van der Waals surface area contributed by atoms with E-state index >= 15 is 0 Å². The van der Waals surface area contributed by atoms with Crippen molar-refractivity contribution in [1.82, 2.24) is 9.55 Å². The molecule has 5 nitrogen and oxygen atoms in total. The summed E-state index contributed by atoms with van der Waals surface area (Å²) >= 11 is 0. The van der Waals surface area contributed by atoms with Gasteiger partial charge in [0.15, 0.2) is 6.10 Å². The van der Waals surface area contributed by atoms with Crippen molar-refractivity contribution in [1.29, 1.82) is 0 Å². The number of fused-ring (bicyclic) bond motifs is 2. The summed E-state index contributed by atoms with van der Waals surface area (Å²) in [4.78, 5) is 15.6. The van der Waals surface area contributed by atoms with Crippen LogP contribution in [0.4, 0.5) is 0 Å². The Bertz CT molecular complexity index is 1020. The van der Waals surface area contributed by atoms with Crippen LogP contribution in [0.3, 0.4) is 0 Å². The van der Waals surface area contributed by atoms with Crippen LogP contribution in [0.25, 0.3) is 0 Å². The lowest BCUT2D eigenvalue weighted by atomic mass is 9.91. The Balaban J connectivity index is 1.49. The molecule has 0 amide bonds. The first kappa shape index (κ1) is 16.1. The molecular weight excluding hydrogens is 340 g/mol. The van der Waals surface area contributed by atoms with Gasteiger partial charge in [-0.15, -0.1) is 0 Å². The van der Waals surface area contributed by atoms with Crippen molar-refractivity contribution in [3.05, 3.63) is 88.3 Å². The number of benzene rings is 2. The summed E-state index contributed by atoms with van der Waals surface area (Å²) in [6, 6.07) is 20.3. The van der Waals surface area contributed by atoms with Crippen molar-refractivity contribution < 1.29 is 9.47 Å². The van der Waals surface area contributed by atoms with E-state index in [-0.39, 0.29) is 23.7 Å². The minimum Gasteiger partial charge on any atom is -0.486 e. The van der Waals surface area contributed by atoms with Crippen LogP contribution in [0.2, 0.25) is 0 Å². The number of para-hydroxylation sites is 1. The molecule has 0 radical (unpaired) electrons. The summed E-state index contributed by atoms with van der Waals surface area (Å²) in [5, 5.41) is 0. The van der Waals surface area contributed by atoms with E-state index in [1.54, 1.807) is 6.20 Å². The number of ether oxygens (including phenoxy) is 2. The van der Waals surface area contributed by atoms with Crippen LogP contribution in [0.1, 0.15) is 23.5 Å². The minimum absolute atomic E-state index is 0.159. The third kappa shape index (κ3) is 2.99. The number of aromatic nitrogens is 2. The van der Waals surface area contributed by atoms with E-state index in [1.807, 2.05) is 34.9 Å². The molecule has 2 heterocycles. The Kier molecular flexibility index (Phi) is 3.93. The monoisotopic (exact) mass is 360 g/mol. The minimum atomic E-state index is -0.284. The molecule has 2 aliphatic rings. The smallest absolute Gasteiger partial charge is 0.300 e. The van der Waals surface area contributed by atoms with Crippen molar-refractivity contribution in [3.8, 4) is 11.8 Å². The van der Waals surface area contributed by atoms with Crippen LogP contribution in [-0.4, -0.2) is 21.8 Å². The lowest BCUT2D eigenvalue weighted by molar-refractivity contribution is 0.0459. The van der Waals surface area contributed by atoms with Gasteiger partial charge in [0.2, 0.25) is 0 Å². The zero-order valence-electron chi connectivity index (χ0n) is 14.8. The highest BCUT2D eigenvalue weighted by Gasteiger charge is 2.41. The molecule has 0 fully saturated rings. The Morgan fingerprint density at radius 3 is 2.78 bits per heavy atom. The molecule has 1 aromatic heterocycles. The molecule has 0 bridgehead atoms. The van der Waals surface area contributed by atoms with Gasteiger partial charge in [0.25, 0.3) is 11.6 Å². The van der Waals surface area contributed by atoms with Gasteiger partial charge in [-0.1, -0.05) is 42.5 Å². The molecule has 3 unspecified atom stereocenters. The fraction of sp³-hybridized carbons (Fsp3) is 0.273. The number of hydrogen-bond acceptors (Lipinski definition) is 4. The Morgan fingerprint density at radius 1 is 1.07 bits per heavy atom. The predicted octanol–water partition coefficient (Wildman–Crippen LogP) is 3.18. The molecule has 27 heavy (non-hydrogen) atoms. The van der Waals surface area contributed by atoms with E-state index in [9.17, 15) is 4.79 Å². The van der Waals surface area contributed by atoms with Gasteiger partial charge in [0.05, 0.1) is 6.54 Å². The second kappa shape index (κ2) is 6.58. The number of hydrogen-bond donors (Lipinski definition) is 0. The molecule has 1 aliphatic heterocycles. The van der Waals surface area contributed by atoms with E-state index in [2.05, 4.69) is 29.2 Å². The summed E-state index contributed by atoms with van der Waals surface area (Å²) < 4.78 is 14.4. The van der Waals surface area contributed by atoms with Crippen molar-refractivity contribution in [2.75, 3.05) is 0 Å². The van der Waals surface area contributed by atoms with Crippen LogP contribution < -0.4 is 15.0 Å². The maximum atomic E-state index is 11.6. The second-order valence-electron chi connectivity index (χ2n) is 7.10. The SMILES string of the molecule is O=c1ccn2c(n1)OC(C(Oc1ccccc1)C1CCc3ccccc31)C2. The molecule has 2 aromatic carbocycles. The summed E-state index contributed by atoms with van der Waals surface area (Å²) in [6.07, 6.45) is 3.46. The van der Waals surface area contributed by atoms with Crippen LogP contribution in [0.5, 0.6) is 11.8 Å². The molecule has 136 valence electrons. The first-order valence-corrected chi connectivity index (χ1v) is 9.31. The third-order valence-corrected chi connectivity index (χ3v) is 5.44. The summed E-state index contributed by atoms with van der Waals surface area (Å²) in [5.74, 6) is 1.07. The van der Waals surface area contributed by atoms with E-state index in [1.165, 1.54) is 17.2 Å². The van der Waals surface area contributed by atoms with Crippen LogP contribution in [-0.2, 0) is 13.0 Å². The van der Waals surface area contributed by atoms with Gasteiger partial charge in [-0.25, -0.2) is 0 Å². The maximum Gasteiger partial charge on any atom is 0.300 e. The van der Waals surface area contributed by atoms with Gasteiger partial charge >= 0.3 is 0 Å². The van der Waals surface area contributed by atoms with E-state index in [0.717, 1.165) is 18.6 Å². The van der Waals surface area contributed by atoms with Crippen molar-refractivity contribution in [2.45, 2.75) is 37.5 Å². The Morgan fingerprint density at radius 2 is 1.89 bits per heavy atom. The lowest BCUT2D eigenvalue weighted by Gasteiger charge is -2.29. The molecule has 0 saturated heterocycles. The normalized spacial score (nSPS) is 21.2. The summed E-state index contributed by atoms with van der Waals surface area (Å²) in [5.41, 5.74) is 2.43. The predicted molar refractivity (Wildman–Crippen MR) is 101 cm³/mol. The van der Waals surface area contributed by atoms with Gasteiger partial charge in [-0.2, -0.15) is 4.98 Å². The lowest BCUT2D eigenvalue weighted by Crippen LogP contribution is -2.40. The van der Waals surface area contributed by atoms with Gasteiger partial charge in [0.1, 0.15) is 11.9 Å². The molecule has 0 spiro atoms. The average Bonchev–Trinajstić information content (AvgIpc) is 3.31. The van der Waals surface area contributed by atoms with Gasteiger partial charge < -0.3 is 9.47 Å². The highest BCUT2D eigenvalue weighted by Crippen LogP contribution is 2.40. The molecular formula is C22H20N2O3. The fourth-order valence-corrected chi connectivity index (χ4v) is 4.19. The average molecular weight is 360 g/mol. The number of nitrogens with zero attached hydrogens (tertiary/aromatic N) is 2. The fourth-order valence-electron chi connectivity index (χ4n) is 4.19.